The van der Waals surface area contributed by atoms with Gasteiger partial charge in [-0.05, 0) is 24.7 Å². The zero-order valence-corrected chi connectivity index (χ0v) is 12.0. The van der Waals surface area contributed by atoms with Gasteiger partial charge in [0.25, 0.3) is 0 Å². The van der Waals surface area contributed by atoms with E-state index >= 15 is 0 Å². The van der Waals surface area contributed by atoms with E-state index in [2.05, 4.69) is 22.0 Å². The maximum atomic E-state index is 8.84. The second kappa shape index (κ2) is 6.58. The average molecular weight is 278 g/mol. The normalized spacial score (nSPS) is 18.2. The Morgan fingerprint density at radius 2 is 2.05 bits per heavy atom. The number of rotatable bonds is 4. The highest BCUT2D eigenvalue weighted by atomic mass is 16.5. The summed E-state index contributed by atoms with van der Waals surface area (Å²) >= 11 is 0. The van der Waals surface area contributed by atoms with Crippen LogP contribution in [0.3, 0.4) is 0 Å². The summed E-state index contributed by atoms with van der Waals surface area (Å²) in [5.74, 6) is 0.685. The minimum Gasteiger partial charge on any atom is -0.496 e. The third kappa shape index (κ3) is 3.40. The van der Waals surface area contributed by atoms with E-state index in [0.29, 0.717) is 11.3 Å². The topological polar surface area (TPSA) is 74.3 Å². The van der Waals surface area contributed by atoms with Gasteiger partial charge in [-0.1, -0.05) is 11.2 Å². The van der Waals surface area contributed by atoms with Crippen LogP contribution in [0.15, 0.2) is 23.4 Å². The monoisotopic (exact) mass is 278 g/mol. The van der Waals surface area contributed by atoms with Gasteiger partial charge in [-0.15, -0.1) is 0 Å². The van der Waals surface area contributed by atoms with E-state index in [1.165, 1.54) is 0 Å². The Balaban J connectivity index is 2.12. The van der Waals surface area contributed by atoms with E-state index in [0.717, 1.165) is 38.3 Å². The smallest absolute Gasteiger partial charge is 0.173 e. The van der Waals surface area contributed by atoms with Crippen molar-refractivity contribution in [2.24, 2.45) is 10.9 Å². The lowest BCUT2D eigenvalue weighted by atomic mass is 10.1. The van der Waals surface area contributed by atoms with Gasteiger partial charge in [-0.25, -0.2) is 0 Å². The molecular formula is C14H22N4O2. The van der Waals surface area contributed by atoms with Gasteiger partial charge in [0.05, 0.1) is 12.7 Å². The lowest BCUT2D eigenvalue weighted by molar-refractivity contribution is 0.148. The fourth-order valence-electron chi connectivity index (χ4n) is 2.37. The zero-order valence-electron chi connectivity index (χ0n) is 12.0. The lowest BCUT2D eigenvalue weighted by Gasteiger charge is -2.32. The van der Waals surface area contributed by atoms with Gasteiger partial charge in [0.1, 0.15) is 5.75 Å². The van der Waals surface area contributed by atoms with Crippen molar-refractivity contribution in [2.75, 3.05) is 40.3 Å². The Hall–Kier alpha value is -1.79. The molecule has 0 atom stereocenters. The molecule has 20 heavy (non-hydrogen) atoms. The highest BCUT2D eigenvalue weighted by Gasteiger charge is 2.15. The highest BCUT2D eigenvalue weighted by molar-refractivity contribution is 5.99. The Morgan fingerprint density at radius 3 is 2.65 bits per heavy atom. The quantitative estimate of drug-likeness (QED) is 0.364. The standard InChI is InChI=1S/C14H22N4O2/c1-17-5-7-18(8-6-17)10-11-3-4-13(20-2)12(9-11)14(15)16-19/h3-4,9,19H,5-8,10H2,1-2H3,(H2,15,16). The summed E-state index contributed by atoms with van der Waals surface area (Å²) in [5, 5.41) is 11.9. The molecule has 110 valence electrons. The first kappa shape index (κ1) is 14.6. The van der Waals surface area contributed by atoms with Gasteiger partial charge in [-0.2, -0.15) is 0 Å². The molecule has 0 spiro atoms. The average Bonchev–Trinajstić information content (AvgIpc) is 2.48. The van der Waals surface area contributed by atoms with Gasteiger partial charge in [0.2, 0.25) is 0 Å². The van der Waals surface area contributed by atoms with Crippen molar-refractivity contribution in [3.05, 3.63) is 29.3 Å². The first-order chi connectivity index (χ1) is 9.63. The van der Waals surface area contributed by atoms with Gasteiger partial charge < -0.3 is 20.6 Å². The number of benzene rings is 1. The number of methoxy groups -OCH3 is 1. The van der Waals surface area contributed by atoms with Crippen LogP contribution >= 0.6 is 0 Å². The molecule has 1 aromatic rings. The molecule has 1 aliphatic rings. The molecular weight excluding hydrogens is 256 g/mol. The molecule has 1 saturated heterocycles. The SMILES string of the molecule is COc1ccc(CN2CCN(C)CC2)cc1C(N)=NO. The molecule has 2 rings (SSSR count). The maximum Gasteiger partial charge on any atom is 0.173 e. The maximum absolute atomic E-state index is 8.84. The summed E-state index contributed by atoms with van der Waals surface area (Å²) < 4.78 is 5.24. The van der Waals surface area contributed by atoms with Crippen LogP contribution in [0.5, 0.6) is 5.75 Å². The Kier molecular flexibility index (Phi) is 4.81. The van der Waals surface area contributed by atoms with Crippen molar-refractivity contribution < 1.29 is 9.94 Å². The number of hydrogen-bond acceptors (Lipinski definition) is 5. The van der Waals surface area contributed by atoms with Crippen molar-refractivity contribution >= 4 is 5.84 Å². The first-order valence-corrected chi connectivity index (χ1v) is 6.69. The Morgan fingerprint density at radius 1 is 1.35 bits per heavy atom. The molecule has 0 aromatic heterocycles. The number of oxime groups is 1. The third-order valence-electron chi connectivity index (χ3n) is 3.65. The molecule has 0 bridgehead atoms. The van der Waals surface area contributed by atoms with E-state index < -0.39 is 0 Å². The van der Waals surface area contributed by atoms with Crippen molar-refractivity contribution in [1.29, 1.82) is 0 Å². The van der Waals surface area contributed by atoms with E-state index in [1.54, 1.807) is 7.11 Å². The molecule has 0 radical (unpaired) electrons. The van der Waals surface area contributed by atoms with Crippen molar-refractivity contribution in [2.45, 2.75) is 6.54 Å². The predicted octanol–water partition coefficient (Wildman–Crippen LogP) is 0.537. The van der Waals surface area contributed by atoms with Crippen molar-refractivity contribution in [3.63, 3.8) is 0 Å². The lowest BCUT2D eigenvalue weighted by Crippen LogP contribution is -2.43. The van der Waals surface area contributed by atoms with Crippen LogP contribution in [0.25, 0.3) is 0 Å². The zero-order chi connectivity index (χ0) is 14.5. The largest absolute Gasteiger partial charge is 0.496 e. The molecule has 0 aliphatic carbocycles. The van der Waals surface area contributed by atoms with E-state index in [9.17, 15) is 0 Å². The minimum absolute atomic E-state index is 0.0714. The van der Waals surface area contributed by atoms with Gasteiger partial charge in [-0.3, -0.25) is 4.90 Å². The van der Waals surface area contributed by atoms with Crippen LogP contribution < -0.4 is 10.5 Å². The van der Waals surface area contributed by atoms with Gasteiger partial charge in [0, 0.05) is 32.7 Å². The summed E-state index contributed by atoms with van der Waals surface area (Å²) in [7, 11) is 3.71. The van der Waals surface area contributed by atoms with E-state index in [1.807, 2.05) is 18.2 Å². The Bertz CT molecular complexity index is 482. The summed E-state index contributed by atoms with van der Waals surface area (Å²) in [6.07, 6.45) is 0. The molecule has 0 saturated carbocycles. The summed E-state index contributed by atoms with van der Waals surface area (Å²) in [4.78, 5) is 4.73. The molecule has 6 nitrogen and oxygen atoms in total. The van der Waals surface area contributed by atoms with E-state index in [4.69, 9.17) is 15.7 Å². The number of nitrogens with zero attached hydrogens (tertiary/aromatic N) is 3. The molecule has 1 aromatic carbocycles. The molecule has 0 amide bonds. The minimum atomic E-state index is 0.0714. The first-order valence-electron chi connectivity index (χ1n) is 6.69. The Labute approximate surface area is 119 Å². The summed E-state index contributed by atoms with van der Waals surface area (Å²) in [6, 6.07) is 5.80. The molecule has 1 aliphatic heterocycles. The summed E-state index contributed by atoms with van der Waals surface area (Å²) in [6.45, 7) is 5.15. The number of hydrogen-bond donors (Lipinski definition) is 2. The molecule has 6 heteroatoms. The second-order valence-electron chi connectivity index (χ2n) is 5.10. The molecule has 1 heterocycles. The van der Waals surface area contributed by atoms with E-state index in [-0.39, 0.29) is 5.84 Å². The second-order valence-corrected chi connectivity index (χ2v) is 5.10. The third-order valence-corrected chi connectivity index (χ3v) is 3.65. The fourth-order valence-corrected chi connectivity index (χ4v) is 2.37. The number of ether oxygens (including phenoxy) is 1. The van der Waals surface area contributed by atoms with Crippen LogP contribution in [0.1, 0.15) is 11.1 Å². The number of nitrogens with two attached hydrogens (primary N) is 1. The highest BCUT2D eigenvalue weighted by Crippen LogP contribution is 2.21. The van der Waals surface area contributed by atoms with Crippen LogP contribution in [-0.4, -0.2) is 61.2 Å². The summed E-state index contributed by atoms with van der Waals surface area (Å²) in [5.41, 5.74) is 7.45. The predicted molar refractivity (Wildman–Crippen MR) is 78.3 cm³/mol. The number of amidine groups is 1. The van der Waals surface area contributed by atoms with Crippen LogP contribution in [-0.2, 0) is 6.54 Å². The van der Waals surface area contributed by atoms with Crippen LogP contribution in [0, 0.1) is 0 Å². The van der Waals surface area contributed by atoms with Crippen LogP contribution in [0.4, 0.5) is 0 Å². The fraction of sp³-hybridized carbons (Fsp3) is 0.500. The number of piperazine rings is 1. The van der Waals surface area contributed by atoms with Gasteiger partial charge in [0.15, 0.2) is 5.84 Å². The number of likely N-dealkylation sites (N-methyl/N-ethyl adjacent to an activating group) is 1. The van der Waals surface area contributed by atoms with Crippen LogP contribution in [0.2, 0.25) is 0 Å². The molecule has 1 fully saturated rings. The van der Waals surface area contributed by atoms with Crippen molar-refractivity contribution in [3.8, 4) is 5.75 Å². The van der Waals surface area contributed by atoms with Gasteiger partial charge >= 0.3 is 0 Å². The molecule has 0 unspecified atom stereocenters. The van der Waals surface area contributed by atoms with Crippen molar-refractivity contribution in [1.82, 2.24) is 9.80 Å². The molecule has 3 N–H and O–H groups in total.